The van der Waals surface area contributed by atoms with Crippen molar-refractivity contribution < 1.29 is 4.74 Å². The summed E-state index contributed by atoms with van der Waals surface area (Å²) in [6.07, 6.45) is 1.02. The van der Waals surface area contributed by atoms with Gasteiger partial charge in [-0.1, -0.05) is 0 Å². The normalized spacial score (nSPS) is 10.9. The van der Waals surface area contributed by atoms with E-state index in [-0.39, 0.29) is 0 Å². The van der Waals surface area contributed by atoms with Gasteiger partial charge in [-0.05, 0) is 46.1 Å². The minimum Gasteiger partial charge on any atom is -0.478 e. The van der Waals surface area contributed by atoms with Crippen LogP contribution in [0.4, 0.5) is 0 Å². The van der Waals surface area contributed by atoms with E-state index in [0.717, 1.165) is 31.1 Å². The van der Waals surface area contributed by atoms with Crippen molar-refractivity contribution in [1.82, 2.24) is 15.2 Å². The maximum absolute atomic E-state index is 5.66. The van der Waals surface area contributed by atoms with Gasteiger partial charge in [-0.25, -0.2) is 4.98 Å². The zero-order valence-corrected chi connectivity index (χ0v) is 11.3. The van der Waals surface area contributed by atoms with Crippen LogP contribution >= 0.6 is 0 Å². The van der Waals surface area contributed by atoms with E-state index in [1.807, 2.05) is 20.0 Å². The minimum atomic E-state index is 0.716. The van der Waals surface area contributed by atoms with Crippen molar-refractivity contribution in [2.24, 2.45) is 0 Å². The van der Waals surface area contributed by atoms with Gasteiger partial charge >= 0.3 is 0 Å². The van der Waals surface area contributed by atoms with Crippen molar-refractivity contribution in [3.05, 3.63) is 23.4 Å². The fourth-order valence-corrected chi connectivity index (χ4v) is 1.64. The molecule has 0 saturated carbocycles. The number of rotatable bonds is 7. The molecule has 17 heavy (non-hydrogen) atoms. The number of nitrogens with one attached hydrogen (secondary N) is 1. The monoisotopic (exact) mass is 237 g/mol. The Hall–Kier alpha value is -1.13. The van der Waals surface area contributed by atoms with Crippen molar-refractivity contribution >= 4 is 0 Å². The zero-order valence-electron chi connectivity index (χ0n) is 11.3. The molecule has 0 saturated heterocycles. The highest BCUT2D eigenvalue weighted by atomic mass is 16.5. The first-order valence-corrected chi connectivity index (χ1v) is 6.01. The first-order valence-electron chi connectivity index (χ1n) is 6.01. The molecule has 0 bridgehead atoms. The van der Waals surface area contributed by atoms with Crippen molar-refractivity contribution in [3.63, 3.8) is 0 Å². The maximum atomic E-state index is 5.66. The Morgan fingerprint density at radius 3 is 2.76 bits per heavy atom. The van der Waals surface area contributed by atoms with E-state index in [4.69, 9.17) is 4.74 Å². The van der Waals surface area contributed by atoms with E-state index >= 15 is 0 Å². The highest BCUT2D eigenvalue weighted by molar-refractivity contribution is 5.24. The molecule has 0 fully saturated rings. The van der Waals surface area contributed by atoms with E-state index in [9.17, 15) is 0 Å². The van der Waals surface area contributed by atoms with Crippen LogP contribution in [0.25, 0.3) is 0 Å². The van der Waals surface area contributed by atoms with E-state index in [1.165, 1.54) is 5.56 Å². The molecule has 1 N–H and O–H groups in total. The Labute approximate surface area is 104 Å². The van der Waals surface area contributed by atoms with Gasteiger partial charge in [-0.2, -0.15) is 0 Å². The standard InChI is InChI=1S/C13H23N3O/c1-11-8-12(10-14-2)9-13(15-11)17-7-5-6-16(3)4/h8-9,14H,5-7,10H2,1-4H3. The number of aryl methyl sites for hydroxylation is 1. The van der Waals surface area contributed by atoms with Gasteiger partial charge in [0, 0.05) is 24.8 Å². The summed E-state index contributed by atoms with van der Waals surface area (Å²) in [5, 5.41) is 3.13. The van der Waals surface area contributed by atoms with Crippen LogP contribution in [0.3, 0.4) is 0 Å². The van der Waals surface area contributed by atoms with Crippen LogP contribution < -0.4 is 10.1 Å². The van der Waals surface area contributed by atoms with Crippen molar-refractivity contribution in [2.45, 2.75) is 19.9 Å². The number of hydrogen-bond donors (Lipinski definition) is 1. The highest BCUT2D eigenvalue weighted by Crippen LogP contribution is 2.12. The summed E-state index contributed by atoms with van der Waals surface area (Å²) in [4.78, 5) is 6.52. The van der Waals surface area contributed by atoms with Gasteiger partial charge < -0.3 is 15.0 Å². The second-order valence-corrected chi connectivity index (χ2v) is 4.49. The van der Waals surface area contributed by atoms with Gasteiger partial charge in [0.25, 0.3) is 0 Å². The maximum Gasteiger partial charge on any atom is 0.213 e. The number of hydrogen-bond acceptors (Lipinski definition) is 4. The van der Waals surface area contributed by atoms with E-state index < -0.39 is 0 Å². The fraction of sp³-hybridized carbons (Fsp3) is 0.615. The number of pyridine rings is 1. The van der Waals surface area contributed by atoms with Crippen LogP contribution in [0.1, 0.15) is 17.7 Å². The molecule has 1 aromatic rings. The molecule has 1 aromatic heterocycles. The molecule has 0 aliphatic carbocycles. The van der Waals surface area contributed by atoms with Crippen LogP contribution in [0.2, 0.25) is 0 Å². The van der Waals surface area contributed by atoms with Crippen LogP contribution in [0.15, 0.2) is 12.1 Å². The second-order valence-electron chi connectivity index (χ2n) is 4.49. The molecule has 0 aromatic carbocycles. The van der Waals surface area contributed by atoms with Crippen molar-refractivity contribution in [1.29, 1.82) is 0 Å². The molecule has 4 heteroatoms. The first kappa shape index (κ1) is 13.9. The van der Waals surface area contributed by atoms with Gasteiger partial charge in [-0.3, -0.25) is 0 Å². The lowest BCUT2D eigenvalue weighted by atomic mass is 10.2. The summed E-state index contributed by atoms with van der Waals surface area (Å²) in [6.45, 7) is 4.59. The molecule has 1 rings (SSSR count). The highest BCUT2D eigenvalue weighted by Gasteiger charge is 2.01. The van der Waals surface area contributed by atoms with Crippen LogP contribution in [0.5, 0.6) is 5.88 Å². The molecular formula is C13H23N3O. The Kier molecular flexibility index (Phi) is 5.94. The number of aromatic nitrogens is 1. The summed E-state index contributed by atoms with van der Waals surface area (Å²) in [6, 6.07) is 4.07. The molecule has 0 unspecified atom stereocenters. The quantitative estimate of drug-likeness (QED) is 0.728. The minimum absolute atomic E-state index is 0.716. The molecule has 0 radical (unpaired) electrons. The summed E-state index contributed by atoms with van der Waals surface area (Å²) in [5.74, 6) is 0.731. The molecule has 96 valence electrons. The molecule has 0 amide bonds. The topological polar surface area (TPSA) is 37.4 Å². The van der Waals surface area contributed by atoms with E-state index in [0.29, 0.717) is 6.61 Å². The lowest BCUT2D eigenvalue weighted by Crippen LogP contribution is -2.16. The SMILES string of the molecule is CNCc1cc(C)nc(OCCCN(C)C)c1. The Balaban J connectivity index is 2.46. The molecule has 0 spiro atoms. The number of ether oxygens (including phenoxy) is 1. The average Bonchev–Trinajstić information content (AvgIpc) is 2.24. The summed E-state index contributed by atoms with van der Waals surface area (Å²) in [5.41, 5.74) is 2.21. The van der Waals surface area contributed by atoms with Gasteiger partial charge in [0.15, 0.2) is 0 Å². The predicted octanol–water partition coefficient (Wildman–Crippen LogP) is 1.44. The van der Waals surface area contributed by atoms with Gasteiger partial charge in [0.2, 0.25) is 5.88 Å². The van der Waals surface area contributed by atoms with E-state index in [2.05, 4.69) is 35.4 Å². The Morgan fingerprint density at radius 2 is 2.12 bits per heavy atom. The fourth-order valence-electron chi connectivity index (χ4n) is 1.64. The smallest absolute Gasteiger partial charge is 0.213 e. The predicted molar refractivity (Wildman–Crippen MR) is 70.4 cm³/mol. The van der Waals surface area contributed by atoms with Crippen molar-refractivity contribution in [2.75, 3.05) is 34.3 Å². The van der Waals surface area contributed by atoms with Crippen LogP contribution in [0, 0.1) is 6.92 Å². The van der Waals surface area contributed by atoms with Crippen LogP contribution in [-0.4, -0.2) is 44.2 Å². The lowest BCUT2D eigenvalue weighted by molar-refractivity contribution is 0.272. The summed E-state index contributed by atoms with van der Waals surface area (Å²) in [7, 11) is 6.07. The molecule has 4 nitrogen and oxygen atoms in total. The van der Waals surface area contributed by atoms with Crippen LogP contribution in [-0.2, 0) is 6.54 Å². The third kappa shape index (κ3) is 5.65. The zero-order chi connectivity index (χ0) is 12.7. The van der Waals surface area contributed by atoms with Gasteiger partial charge in [0.05, 0.1) is 6.61 Å². The Morgan fingerprint density at radius 1 is 1.35 bits per heavy atom. The lowest BCUT2D eigenvalue weighted by Gasteiger charge is -2.11. The molecule has 1 heterocycles. The average molecular weight is 237 g/mol. The van der Waals surface area contributed by atoms with Gasteiger partial charge in [0.1, 0.15) is 0 Å². The van der Waals surface area contributed by atoms with Gasteiger partial charge in [-0.15, -0.1) is 0 Å². The third-order valence-corrected chi connectivity index (χ3v) is 2.37. The first-order chi connectivity index (χ1) is 8.11. The summed E-state index contributed by atoms with van der Waals surface area (Å²) < 4.78 is 5.66. The van der Waals surface area contributed by atoms with E-state index in [1.54, 1.807) is 0 Å². The largest absolute Gasteiger partial charge is 0.478 e. The molecular weight excluding hydrogens is 214 g/mol. The Bertz CT molecular complexity index is 339. The summed E-state index contributed by atoms with van der Waals surface area (Å²) >= 11 is 0. The van der Waals surface area contributed by atoms with Crippen molar-refractivity contribution in [3.8, 4) is 5.88 Å². The third-order valence-electron chi connectivity index (χ3n) is 2.37. The number of nitrogens with zero attached hydrogens (tertiary/aromatic N) is 2. The molecule has 0 atom stereocenters. The second kappa shape index (κ2) is 7.25. The molecule has 0 aliphatic heterocycles. The molecule has 0 aliphatic rings.